The topological polar surface area (TPSA) is 83.4 Å². The predicted molar refractivity (Wildman–Crippen MR) is 148 cm³/mol. The molecule has 2 aromatic carbocycles. The Bertz CT molecular complexity index is 1290. The Morgan fingerprint density at radius 1 is 1.10 bits per heavy atom. The molecule has 0 bridgehead atoms. The molecule has 0 spiro atoms. The van der Waals surface area contributed by atoms with Gasteiger partial charge in [0.2, 0.25) is 0 Å². The smallest absolute Gasteiger partial charge is 0.315 e. The van der Waals surface area contributed by atoms with E-state index in [1.54, 1.807) is 7.11 Å². The van der Waals surface area contributed by atoms with Gasteiger partial charge in [0.1, 0.15) is 19.1 Å². The van der Waals surface area contributed by atoms with E-state index in [1.165, 1.54) is 0 Å². The van der Waals surface area contributed by atoms with Gasteiger partial charge in [-0.15, -0.1) is 0 Å². The third-order valence-electron chi connectivity index (χ3n) is 7.78. The number of Topliss-reactive ketones (excluding diaryl/α,β-unsaturated/α-hetero) is 1. The van der Waals surface area contributed by atoms with Crippen LogP contribution in [0.5, 0.6) is 11.5 Å². The number of hydrogen-bond donors (Lipinski definition) is 0. The molecule has 1 aliphatic carbocycles. The van der Waals surface area contributed by atoms with Gasteiger partial charge in [-0.05, 0) is 54.9 Å². The Balaban J connectivity index is 1.48. The van der Waals surface area contributed by atoms with Crippen LogP contribution in [-0.4, -0.2) is 43.9 Å². The van der Waals surface area contributed by atoms with Crippen molar-refractivity contribution in [3.8, 4) is 11.5 Å². The van der Waals surface area contributed by atoms with Crippen molar-refractivity contribution in [3.63, 3.8) is 0 Å². The van der Waals surface area contributed by atoms with Crippen molar-refractivity contribution in [2.45, 2.75) is 65.1 Å². The SMILES string of the molecule is COc1cc([C@H]2C3=C(CC(C)(C)CC3=O)N=C(C)C2C(=O)OC[C@H]2CCCO2)ccc1OCc1ccccc1. The average molecular weight is 532 g/mol. The Labute approximate surface area is 230 Å². The number of allylic oxidation sites excluding steroid dienone is 2. The third-order valence-corrected chi connectivity index (χ3v) is 7.78. The minimum atomic E-state index is -0.712. The molecule has 0 aromatic heterocycles. The molecule has 7 heteroatoms. The van der Waals surface area contributed by atoms with E-state index in [9.17, 15) is 9.59 Å². The Morgan fingerprint density at radius 2 is 1.90 bits per heavy atom. The molecule has 0 radical (unpaired) electrons. The summed E-state index contributed by atoms with van der Waals surface area (Å²) in [5.74, 6) is -0.451. The van der Waals surface area contributed by atoms with Gasteiger partial charge < -0.3 is 18.9 Å². The fraction of sp³-hybridized carbons (Fsp3) is 0.469. The molecule has 1 fully saturated rings. The summed E-state index contributed by atoms with van der Waals surface area (Å²) in [4.78, 5) is 32.0. The summed E-state index contributed by atoms with van der Waals surface area (Å²) in [5, 5.41) is 0. The Kier molecular flexibility index (Phi) is 7.89. The lowest BCUT2D eigenvalue weighted by atomic mass is 9.67. The minimum absolute atomic E-state index is 0.0304. The van der Waals surface area contributed by atoms with Crippen LogP contribution in [0.25, 0.3) is 0 Å². The van der Waals surface area contributed by atoms with Gasteiger partial charge in [0, 0.05) is 35.9 Å². The second kappa shape index (κ2) is 11.3. The first-order valence-electron chi connectivity index (χ1n) is 13.7. The van der Waals surface area contributed by atoms with Crippen LogP contribution >= 0.6 is 0 Å². The van der Waals surface area contributed by atoms with E-state index in [0.29, 0.717) is 48.8 Å². The molecule has 5 rings (SSSR count). The number of rotatable bonds is 8. The third kappa shape index (κ3) is 5.93. The van der Waals surface area contributed by atoms with Crippen molar-refractivity contribution in [3.05, 3.63) is 70.9 Å². The van der Waals surface area contributed by atoms with E-state index in [4.69, 9.17) is 23.9 Å². The number of carbonyl (C=O) groups excluding carboxylic acids is 2. The largest absolute Gasteiger partial charge is 0.493 e. The van der Waals surface area contributed by atoms with Crippen molar-refractivity contribution in [1.82, 2.24) is 0 Å². The van der Waals surface area contributed by atoms with Gasteiger partial charge in [-0.25, -0.2) is 0 Å². The second-order valence-corrected chi connectivity index (χ2v) is 11.5. The molecule has 2 heterocycles. The number of carbonyl (C=O) groups is 2. The van der Waals surface area contributed by atoms with Crippen LogP contribution in [0.2, 0.25) is 0 Å². The van der Waals surface area contributed by atoms with Gasteiger partial charge in [-0.1, -0.05) is 50.2 Å². The van der Waals surface area contributed by atoms with Gasteiger partial charge >= 0.3 is 5.97 Å². The minimum Gasteiger partial charge on any atom is -0.493 e. The van der Waals surface area contributed by atoms with E-state index >= 15 is 0 Å². The normalized spacial score (nSPS) is 24.2. The van der Waals surface area contributed by atoms with E-state index < -0.39 is 11.8 Å². The highest BCUT2D eigenvalue weighted by Crippen LogP contribution is 2.49. The number of nitrogens with zero attached hydrogens (tertiary/aromatic N) is 1. The highest BCUT2D eigenvalue weighted by molar-refractivity contribution is 6.09. The molecule has 3 aliphatic rings. The molecule has 2 aromatic rings. The first-order chi connectivity index (χ1) is 18.8. The molecule has 7 nitrogen and oxygen atoms in total. The second-order valence-electron chi connectivity index (χ2n) is 11.5. The molecule has 0 saturated carbocycles. The summed E-state index contributed by atoms with van der Waals surface area (Å²) < 4.78 is 23.2. The molecule has 39 heavy (non-hydrogen) atoms. The number of methoxy groups -OCH3 is 1. The maximum Gasteiger partial charge on any atom is 0.315 e. The van der Waals surface area contributed by atoms with Gasteiger partial charge in [0.15, 0.2) is 17.3 Å². The van der Waals surface area contributed by atoms with E-state index in [2.05, 4.69) is 13.8 Å². The van der Waals surface area contributed by atoms with Crippen LogP contribution in [0.1, 0.15) is 63.5 Å². The summed E-state index contributed by atoms with van der Waals surface area (Å²) in [6, 6.07) is 15.6. The van der Waals surface area contributed by atoms with Crippen molar-refractivity contribution < 1.29 is 28.5 Å². The molecule has 3 atom stereocenters. The molecular formula is C32H37NO6. The molecule has 0 amide bonds. The van der Waals surface area contributed by atoms with Crippen LogP contribution in [0, 0.1) is 11.3 Å². The Hall–Kier alpha value is -3.45. The first kappa shape index (κ1) is 27.1. The standard InChI is InChI=1S/C32H37NO6/c1-20-28(31(35)39-19-23-11-8-14-37-23)29(30-24(33-20)16-32(2,3)17-25(30)34)22-12-13-26(27(15-22)36-4)38-18-21-9-6-5-7-10-21/h5-7,9-10,12-13,15,23,28-29H,8,11,14,16-19H2,1-4H3/t23-,28?,29-/m1/s1. The van der Waals surface area contributed by atoms with Crippen LogP contribution in [0.4, 0.5) is 0 Å². The lowest BCUT2D eigenvalue weighted by molar-refractivity contribution is -0.149. The molecule has 1 saturated heterocycles. The summed E-state index contributed by atoms with van der Waals surface area (Å²) in [5.41, 5.74) is 3.69. The predicted octanol–water partition coefficient (Wildman–Crippen LogP) is 5.81. The molecule has 0 N–H and O–H groups in total. The highest BCUT2D eigenvalue weighted by atomic mass is 16.6. The quantitative estimate of drug-likeness (QED) is 0.400. The average Bonchev–Trinajstić information content (AvgIpc) is 3.43. The van der Waals surface area contributed by atoms with Crippen molar-refractivity contribution in [1.29, 1.82) is 0 Å². The van der Waals surface area contributed by atoms with Gasteiger partial charge in [-0.2, -0.15) is 0 Å². The fourth-order valence-electron chi connectivity index (χ4n) is 5.88. The number of benzene rings is 2. The van der Waals surface area contributed by atoms with E-state index in [0.717, 1.165) is 29.7 Å². The molecular weight excluding hydrogens is 494 g/mol. The van der Waals surface area contributed by atoms with Gasteiger partial charge in [0.05, 0.1) is 13.2 Å². The van der Waals surface area contributed by atoms with Crippen molar-refractivity contribution in [2.75, 3.05) is 20.3 Å². The van der Waals surface area contributed by atoms with Crippen LogP contribution in [-0.2, 0) is 25.7 Å². The lowest BCUT2D eigenvalue weighted by Gasteiger charge is -2.39. The maximum atomic E-state index is 13.6. The summed E-state index contributed by atoms with van der Waals surface area (Å²) in [6.07, 6.45) is 2.84. The van der Waals surface area contributed by atoms with E-state index in [1.807, 2.05) is 55.5 Å². The number of hydrogen-bond acceptors (Lipinski definition) is 7. The lowest BCUT2D eigenvalue weighted by Crippen LogP contribution is -2.40. The zero-order chi connectivity index (χ0) is 27.6. The number of aliphatic imine (C=N–C) groups is 1. The molecule has 2 aliphatic heterocycles. The van der Waals surface area contributed by atoms with Crippen molar-refractivity contribution >= 4 is 17.5 Å². The maximum absolute atomic E-state index is 13.6. The van der Waals surface area contributed by atoms with Gasteiger partial charge in [0.25, 0.3) is 0 Å². The summed E-state index contributed by atoms with van der Waals surface area (Å²) in [7, 11) is 1.59. The van der Waals surface area contributed by atoms with Crippen molar-refractivity contribution in [2.24, 2.45) is 16.3 Å². The molecule has 206 valence electrons. The molecule has 1 unspecified atom stereocenters. The van der Waals surface area contributed by atoms with E-state index in [-0.39, 0.29) is 29.9 Å². The fourth-order valence-corrected chi connectivity index (χ4v) is 5.88. The Morgan fingerprint density at radius 3 is 2.62 bits per heavy atom. The van der Waals surface area contributed by atoms with Crippen LogP contribution < -0.4 is 9.47 Å². The van der Waals surface area contributed by atoms with Crippen LogP contribution in [0.3, 0.4) is 0 Å². The summed E-state index contributed by atoms with van der Waals surface area (Å²) >= 11 is 0. The summed E-state index contributed by atoms with van der Waals surface area (Å²) in [6.45, 7) is 7.31. The zero-order valence-corrected chi connectivity index (χ0v) is 23.2. The first-order valence-corrected chi connectivity index (χ1v) is 13.7. The van der Waals surface area contributed by atoms with Gasteiger partial charge in [-0.3, -0.25) is 14.6 Å². The highest BCUT2D eigenvalue weighted by Gasteiger charge is 2.46. The zero-order valence-electron chi connectivity index (χ0n) is 23.2. The monoisotopic (exact) mass is 531 g/mol. The number of esters is 1. The van der Waals surface area contributed by atoms with Crippen LogP contribution in [0.15, 0.2) is 64.8 Å². The number of ketones is 1. The number of ether oxygens (including phenoxy) is 4.